The van der Waals surface area contributed by atoms with Crippen molar-refractivity contribution in [3.05, 3.63) is 40.4 Å². The fraction of sp³-hybridized carbons (Fsp3) is 0.333. The summed E-state index contributed by atoms with van der Waals surface area (Å²) in [6.45, 7) is 3.78. The van der Waals surface area contributed by atoms with Gasteiger partial charge in [-0.15, -0.1) is 0 Å². The number of aromatic nitrogens is 3. The number of nitrogens with one attached hydrogen (secondary N) is 1. The summed E-state index contributed by atoms with van der Waals surface area (Å²) >= 11 is 8.01. The van der Waals surface area contributed by atoms with Crippen molar-refractivity contribution in [1.82, 2.24) is 20.3 Å². The number of hydrogen-bond acceptors (Lipinski definition) is 7. The number of nitrogen functional groups attached to an aromatic ring is 1. The summed E-state index contributed by atoms with van der Waals surface area (Å²) in [5.74, 6) is 1.12. The van der Waals surface area contributed by atoms with Crippen LogP contribution in [0.4, 0.5) is 5.95 Å². The molecule has 0 spiro atoms. The number of amides is 1. The van der Waals surface area contributed by atoms with Crippen molar-refractivity contribution in [2.45, 2.75) is 38.1 Å². The Hall–Kier alpha value is -2.42. The van der Waals surface area contributed by atoms with Crippen LogP contribution in [0.2, 0.25) is 5.02 Å². The van der Waals surface area contributed by atoms with Crippen LogP contribution in [0, 0.1) is 0 Å². The van der Waals surface area contributed by atoms with Gasteiger partial charge in [0.1, 0.15) is 0 Å². The van der Waals surface area contributed by atoms with Crippen LogP contribution in [0.25, 0.3) is 22.2 Å². The molecule has 156 valence electrons. The number of halogens is 1. The number of anilines is 1. The van der Waals surface area contributed by atoms with Gasteiger partial charge in [0.15, 0.2) is 11.0 Å². The van der Waals surface area contributed by atoms with Gasteiger partial charge in [0.2, 0.25) is 11.9 Å². The fourth-order valence-electron chi connectivity index (χ4n) is 3.48. The lowest BCUT2D eigenvalue weighted by molar-refractivity contribution is -0.120. The largest absolute Gasteiger partial charge is 0.372 e. The Morgan fingerprint density at radius 3 is 2.93 bits per heavy atom. The molecule has 0 fully saturated rings. The van der Waals surface area contributed by atoms with Gasteiger partial charge >= 0.3 is 0 Å². The van der Waals surface area contributed by atoms with Gasteiger partial charge < -0.3 is 15.8 Å². The number of thioether (sulfide) groups is 1. The molecule has 0 aliphatic carbocycles. The topological polar surface area (TPSA) is 103 Å². The van der Waals surface area contributed by atoms with Gasteiger partial charge in [0.25, 0.3) is 0 Å². The van der Waals surface area contributed by atoms with Gasteiger partial charge in [-0.2, -0.15) is 9.97 Å². The Balaban J connectivity index is 1.65. The highest BCUT2D eigenvalue weighted by Crippen LogP contribution is 2.39. The lowest BCUT2D eigenvalue weighted by atomic mass is 9.94. The van der Waals surface area contributed by atoms with E-state index in [4.69, 9.17) is 22.1 Å². The number of ether oxygens (including phenoxy) is 1. The highest BCUT2D eigenvalue weighted by Gasteiger charge is 2.21. The van der Waals surface area contributed by atoms with E-state index in [1.54, 1.807) is 0 Å². The highest BCUT2D eigenvalue weighted by molar-refractivity contribution is 7.99. The van der Waals surface area contributed by atoms with Crippen LogP contribution in [-0.2, 0) is 22.7 Å². The number of carbonyl (C=O) groups excluding carboxylic acids is 1. The molecule has 1 aliphatic rings. The molecule has 1 amide bonds. The molecule has 7 nitrogen and oxygen atoms in total. The normalized spacial score (nSPS) is 12.9. The number of nitrogens with zero attached hydrogens (tertiary/aromatic N) is 3. The van der Waals surface area contributed by atoms with Crippen molar-refractivity contribution in [3.8, 4) is 11.4 Å². The monoisotopic (exact) mass is 443 g/mol. The van der Waals surface area contributed by atoms with Crippen molar-refractivity contribution >= 4 is 46.0 Å². The Labute approximate surface area is 183 Å². The van der Waals surface area contributed by atoms with Crippen molar-refractivity contribution < 1.29 is 9.53 Å². The molecule has 0 bridgehead atoms. The predicted octanol–water partition coefficient (Wildman–Crippen LogP) is 3.97. The van der Waals surface area contributed by atoms with E-state index in [1.165, 1.54) is 11.8 Å². The van der Waals surface area contributed by atoms with Gasteiger partial charge in [-0.25, -0.2) is 4.98 Å². The molecular weight excluding hydrogens is 422 g/mol. The predicted molar refractivity (Wildman–Crippen MR) is 119 cm³/mol. The van der Waals surface area contributed by atoms with E-state index in [1.807, 2.05) is 25.1 Å². The molecule has 2 aromatic carbocycles. The number of carbonyl (C=O) groups is 1. The van der Waals surface area contributed by atoms with Gasteiger partial charge in [-0.1, -0.05) is 48.5 Å². The SMILES string of the molecule is CCCNC(=O)CCSc1nc(N)nc(-c2c(Cl)cc3c4c(cccc24)COC3)n1. The maximum absolute atomic E-state index is 11.8. The van der Waals surface area contributed by atoms with Crippen LogP contribution in [0.1, 0.15) is 30.9 Å². The summed E-state index contributed by atoms with van der Waals surface area (Å²) in [5.41, 5.74) is 8.86. The van der Waals surface area contributed by atoms with Crippen LogP contribution >= 0.6 is 23.4 Å². The van der Waals surface area contributed by atoms with E-state index < -0.39 is 0 Å². The van der Waals surface area contributed by atoms with Crippen LogP contribution < -0.4 is 11.1 Å². The van der Waals surface area contributed by atoms with E-state index in [2.05, 4.69) is 26.3 Å². The summed E-state index contributed by atoms with van der Waals surface area (Å²) in [6.07, 6.45) is 1.29. The highest BCUT2D eigenvalue weighted by atomic mass is 35.5. The minimum absolute atomic E-state index is 0.0143. The van der Waals surface area contributed by atoms with E-state index in [-0.39, 0.29) is 11.9 Å². The molecule has 9 heteroatoms. The summed E-state index contributed by atoms with van der Waals surface area (Å²) in [4.78, 5) is 25.0. The van der Waals surface area contributed by atoms with E-state index in [0.29, 0.717) is 47.9 Å². The Bertz CT molecular complexity index is 1110. The lowest BCUT2D eigenvalue weighted by Gasteiger charge is -2.20. The minimum atomic E-state index is 0.0143. The molecule has 0 unspecified atom stereocenters. The molecule has 1 aromatic heterocycles. The van der Waals surface area contributed by atoms with Crippen molar-refractivity contribution in [1.29, 1.82) is 0 Å². The Morgan fingerprint density at radius 2 is 2.10 bits per heavy atom. The van der Waals surface area contributed by atoms with Crippen LogP contribution in [0.5, 0.6) is 0 Å². The lowest BCUT2D eigenvalue weighted by Crippen LogP contribution is -2.24. The van der Waals surface area contributed by atoms with Crippen molar-refractivity contribution in [2.75, 3.05) is 18.0 Å². The first-order valence-corrected chi connectivity index (χ1v) is 11.1. The van der Waals surface area contributed by atoms with Gasteiger partial charge in [0, 0.05) is 24.3 Å². The van der Waals surface area contributed by atoms with E-state index in [0.717, 1.165) is 33.9 Å². The second-order valence-corrected chi connectivity index (χ2v) is 8.44. The molecule has 0 radical (unpaired) electrons. The zero-order chi connectivity index (χ0) is 21.1. The molecule has 4 rings (SSSR count). The molecule has 3 aromatic rings. The van der Waals surface area contributed by atoms with Crippen molar-refractivity contribution in [2.24, 2.45) is 0 Å². The number of rotatable bonds is 7. The maximum Gasteiger partial charge on any atom is 0.224 e. The average molecular weight is 444 g/mol. The first-order valence-electron chi connectivity index (χ1n) is 9.79. The fourth-order valence-corrected chi connectivity index (χ4v) is 4.58. The number of nitrogens with two attached hydrogens (primary N) is 1. The number of benzene rings is 2. The quantitative estimate of drug-likeness (QED) is 0.532. The third kappa shape index (κ3) is 4.35. The summed E-state index contributed by atoms with van der Waals surface area (Å²) in [6, 6.07) is 7.95. The minimum Gasteiger partial charge on any atom is -0.372 e. The molecule has 3 N–H and O–H groups in total. The molecule has 30 heavy (non-hydrogen) atoms. The first kappa shape index (κ1) is 20.8. The van der Waals surface area contributed by atoms with Gasteiger partial charge in [-0.3, -0.25) is 4.79 Å². The molecule has 0 saturated carbocycles. The molecule has 1 aliphatic heterocycles. The second-order valence-electron chi connectivity index (χ2n) is 6.97. The smallest absolute Gasteiger partial charge is 0.224 e. The standard InChI is InChI=1S/C21H22ClN5O2S/c1-2-7-24-16(28)6-8-30-21-26-19(25-20(23)27-21)18-14-5-3-4-12-10-29-11-13(17(12)14)9-15(18)22/h3-5,9H,2,6-8,10-11H2,1H3,(H,24,28)(H2,23,25,26,27). The van der Waals surface area contributed by atoms with E-state index >= 15 is 0 Å². The van der Waals surface area contributed by atoms with Crippen LogP contribution in [-0.4, -0.2) is 33.2 Å². The molecule has 0 atom stereocenters. The first-order chi connectivity index (χ1) is 14.6. The summed E-state index contributed by atoms with van der Waals surface area (Å²) < 4.78 is 5.66. The van der Waals surface area contributed by atoms with E-state index in [9.17, 15) is 4.79 Å². The maximum atomic E-state index is 11.8. The van der Waals surface area contributed by atoms with Crippen molar-refractivity contribution in [3.63, 3.8) is 0 Å². The third-order valence-electron chi connectivity index (χ3n) is 4.78. The summed E-state index contributed by atoms with van der Waals surface area (Å²) in [5, 5.41) is 5.97. The van der Waals surface area contributed by atoms with Gasteiger partial charge in [0.05, 0.1) is 18.2 Å². The molecular formula is C21H22ClN5O2S. The number of hydrogen-bond donors (Lipinski definition) is 2. The van der Waals surface area contributed by atoms with Gasteiger partial charge in [-0.05, 0) is 34.4 Å². The third-order valence-corrected chi connectivity index (χ3v) is 5.93. The molecule has 2 heterocycles. The Kier molecular flexibility index (Phi) is 6.36. The average Bonchev–Trinajstić information content (AvgIpc) is 2.72. The molecule has 0 saturated heterocycles. The zero-order valence-electron chi connectivity index (χ0n) is 16.6. The zero-order valence-corrected chi connectivity index (χ0v) is 18.1. The van der Waals surface area contributed by atoms with Crippen LogP contribution in [0.15, 0.2) is 29.4 Å². The summed E-state index contributed by atoms with van der Waals surface area (Å²) in [7, 11) is 0. The Morgan fingerprint density at radius 1 is 1.27 bits per heavy atom. The van der Waals surface area contributed by atoms with Crippen LogP contribution in [0.3, 0.4) is 0 Å². The second kappa shape index (κ2) is 9.16.